The lowest BCUT2D eigenvalue weighted by molar-refractivity contribution is -0.137. The number of nitrogens with one attached hydrogen (secondary N) is 1. The van der Waals surface area contributed by atoms with Gasteiger partial charge in [0.2, 0.25) is 0 Å². The van der Waals surface area contributed by atoms with Crippen LogP contribution in [0.5, 0.6) is 0 Å². The maximum Gasteiger partial charge on any atom is 0.416 e. The van der Waals surface area contributed by atoms with Crippen LogP contribution in [0.2, 0.25) is 0 Å². The van der Waals surface area contributed by atoms with Gasteiger partial charge in [0.1, 0.15) is 0 Å². The molecule has 3 aromatic rings. The minimum absolute atomic E-state index is 0.277. The highest BCUT2D eigenvalue weighted by atomic mass is 19.4. The van der Waals surface area contributed by atoms with Crippen LogP contribution in [0.25, 0.3) is 11.1 Å². The average Bonchev–Trinajstić information content (AvgIpc) is 2.82. The van der Waals surface area contributed by atoms with E-state index < -0.39 is 11.7 Å². The van der Waals surface area contributed by atoms with Gasteiger partial charge in [-0.2, -0.15) is 13.2 Å². The second-order valence-corrected chi connectivity index (χ2v) is 4.09. The van der Waals surface area contributed by atoms with Gasteiger partial charge in [0, 0.05) is 11.9 Å². The van der Waals surface area contributed by atoms with Gasteiger partial charge < -0.3 is 9.84 Å². The summed E-state index contributed by atoms with van der Waals surface area (Å²) in [7, 11) is 0. The van der Waals surface area contributed by atoms with Crippen LogP contribution in [-0.2, 0) is 6.18 Å². The first kappa shape index (κ1) is 12.5. The first-order chi connectivity index (χ1) is 9.54. The van der Waals surface area contributed by atoms with Crippen molar-refractivity contribution in [1.82, 2.24) is 10.1 Å². The van der Waals surface area contributed by atoms with Crippen molar-refractivity contribution in [3.05, 3.63) is 48.2 Å². The Morgan fingerprint density at radius 3 is 2.75 bits per heavy atom. The molecule has 1 aromatic carbocycles. The summed E-state index contributed by atoms with van der Waals surface area (Å²) >= 11 is 0. The van der Waals surface area contributed by atoms with Gasteiger partial charge in [0.05, 0.1) is 10.9 Å². The van der Waals surface area contributed by atoms with Crippen molar-refractivity contribution in [2.45, 2.75) is 6.18 Å². The Bertz CT molecular complexity index is 752. The number of fused-ring (bicyclic) bond motifs is 1. The van der Waals surface area contributed by atoms with Gasteiger partial charge in [-0.15, -0.1) is 0 Å². The highest BCUT2D eigenvalue weighted by Gasteiger charge is 2.30. The quantitative estimate of drug-likeness (QED) is 0.770. The van der Waals surface area contributed by atoms with E-state index in [9.17, 15) is 13.2 Å². The molecule has 0 unspecified atom stereocenters. The zero-order chi connectivity index (χ0) is 14.2. The minimum atomic E-state index is -4.38. The zero-order valence-electron chi connectivity index (χ0n) is 9.98. The third kappa shape index (κ3) is 2.29. The molecule has 4 nitrogen and oxygen atoms in total. The molecule has 0 saturated carbocycles. The van der Waals surface area contributed by atoms with E-state index in [1.165, 1.54) is 12.1 Å². The number of pyridine rings is 1. The Morgan fingerprint density at radius 1 is 1.10 bits per heavy atom. The van der Waals surface area contributed by atoms with Gasteiger partial charge in [-0.05, 0) is 30.3 Å². The largest absolute Gasteiger partial charge is 0.416 e. The molecule has 0 atom stereocenters. The maximum atomic E-state index is 12.6. The van der Waals surface area contributed by atoms with Crippen molar-refractivity contribution in [2.75, 3.05) is 5.32 Å². The fourth-order valence-electron chi connectivity index (χ4n) is 1.78. The van der Waals surface area contributed by atoms with E-state index in [4.69, 9.17) is 4.52 Å². The number of benzene rings is 1. The van der Waals surface area contributed by atoms with Gasteiger partial charge in [0.15, 0.2) is 5.82 Å². The SMILES string of the molecule is FC(F)(F)c1cccc(Nc2noc3ncccc23)c1. The molecule has 0 radical (unpaired) electrons. The number of hydrogen-bond donors (Lipinski definition) is 1. The molecule has 0 spiro atoms. The summed E-state index contributed by atoms with van der Waals surface area (Å²) in [5.74, 6) is 0.326. The van der Waals surface area contributed by atoms with Crippen molar-refractivity contribution < 1.29 is 17.7 Å². The topological polar surface area (TPSA) is 51.0 Å². The van der Waals surface area contributed by atoms with E-state index in [0.717, 1.165) is 12.1 Å². The van der Waals surface area contributed by atoms with Crippen LogP contribution in [0, 0.1) is 0 Å². The van der Waals surface area contributed by atoms with Gasteiger partial charge >= 0.3 is 6.18 Å². The fourth-order valence-corrected chi connectivity index (χ4v) is 1.78. The van der Waals surface area contributed by atoms with E-state index >= 15 is 0 Å². The van der Waals surface area contributed by atoms with Crippen LogP contribution in [-0.4, -0.2) is 10.1 Å². The molecule has 20 heavy (non-hydrogen) atoms. The summed E-state index contributed by atoms with van der Waals surface area (Å²) in [6.45, 7) is 0. The van der Waals surface area contributed by atoms with Crippen LogP contribution in [0.4, 0.5) is 24.7 Å². The molecule has 102 valence electrons. The third-order valence-electron chi connectivity index (χ3n) is 2.70. The number of anilines is 2. The molecule has 0 fully saturated rings. The standard InChI is InChI=1S/C13H8F3N3O/c14-13(15,16)8-3-1-4-9(7-8)18-11-10-5-2-6-17-12(10)20-19-11/h1-7H,(H,18,19). The predicted octanol–water partition coefficient (Wildman–Crippen LogP) is 3.99. The molecular formula is C13H8F3N3O. The van der Waals surface area contributed by atoms with E-state index in [1.807, 2.05) is 0 Å². The highest BCUT2D eigenvalue weighted by Crippen LogP contribution is 2.32. The number of hydrogen-bond acceptors (Lipinski definition) is 4. The minimum Gasteiger partial charge on any atom is -0.337 e. The van der Waals surface area contributed by atoms with E-state index in [2.05, 4.69) is 15.5 Å². The molecule has 3 rings (SSSR count). The van der Waals surface area contributed by atoms with E-state index in [-0.39, 0.29) is 5.69 Å². The Morgan fingerprint density at radius 2 is 1.95 bits per heavy atom. The number of nitrogens with zero attached hydrogens (tertiary/aromatic N) is 2. The molecule has 0 amide bonds. The fraction of sp³-hybridized carbons (Fsp3) is 0.0769. The summed E-state index contributed by atoms with van der Waals surface area (Å²) in [5.41, 5.74) is -0.130. The summed E-state index contributed by atoms with van der Waals surface area (Å²) in [4.78, 5) is 3.95. The summed E-state index contributed by atoms with van der Waals surface area (Å²) in [6.07, 6.45) is -2.84. The van der Waals surface area contributed by atoms with Crippen LogP contribution < -0.4 is 5.32 Å². The molecule has 0 aliphatic rings. The van der Waals surface area contributed by atoms with Crippen molar-refractivity contribution in [2.24, 2.45) is 0 Å². The van der Waals surface area contributed by atoms with Gasteiger partial charge in [-0.25, -0.2) is 4.98 Å². The zero-order valence-corrected chi connectivity index (χ0v) is 9.98. The monoisotopic (exact) mass is 279 g/mol. The van der Waals surface area contributed by atoms with Gasteiger partial charge in [-0.1, -0.05) is 11.2 Å². The molecule has 0 aliphatic heterocycles. The number of aromatic nitrogens is 2. The average molecular weight is 279 g/mol. The van der Waals surface area contributed by atoms with Crippen LogP contribution >= 0.6 is 0 Å². The number of rotatable bonds is 2. The van der Waals surface area contributed by atoms with Gasteiger partial charge in [0.25, 0.3) is 5.71 Å². The smallest absolute Gasteiger partial charge is 0.337 e. The molecule has 0 aliphatic carbocycles. The van der Waals surface area contributed by atoms with Crippen molar-refractivity contribution in [3.63, 3.8) is 0 Å². The second-order valence-electron chi connectivity index (χ2n) is 4.09. The Kier molecular flexibility index (Phi) is 2.81. The Hall–Kier alpha value is -2.57. The Labute approximate surface area is 111 Å². The molecular weight excluding hydrogens is 271 g/mol. The molecule has 2 aromatic heterocycles. The first-order valence-electron chi connectivity index (χ1n) is 5.69. The molecule has 0 bridgehead atoms. The second kappa shape index (κ2) is 4.52. The first-order valence-corrected chi connectivity index (χ1v) is 5.69. The molecule has 0 saturated heterocycles. The number of halogens is 3. The molecule has 7 heteroatoms. The van der Waals surface area contributed by atoms with E-state index in [1.54, 1.807) is 18.3 Å². The third-order valence-corrected chi connectivity index (χ3v) is 2.70. The molecule has 2 heterocycles. The van der Waals surface area contributed by atoms with Crippen LogP contribution in [0.15, 0.2) is 47.1 Å². The highest BCUT2D eigenvalue weighted by molar-refractivity contribution is 5.87. The van der Waals surface area contributed by atoms with E-state index in [0.29, 0.717) is 16.9 Å². The van der Waals surface area contributed by atoms with Crippen molar-refractivity contribution in [1.29, 1.82) is 0 Å². The summed E-state index contributed by atoms with van der Waals surface area (Å²) < 4.78 is 42.9. The lowest BCUT2D eigenvalue weighted by Crippen LogP contribution is -2.05. The number of alkyl halides is 3. The molecule has 1 N–H and O–H groups in total. The predicted molar refractivity (Wildman–Crippen MR) is 66.5 cm³/mol. The van der Waals surface area contributed by atoms with Crippen molar-refractivity contribution >= 4 is 22.6 Å². The van der Waals surface area contributed by atoms with Crippen molar-refractivity contribution in [3.8, 4) is 0 Å². The summed E-state index contributed by atoms with van der Waals surface area (Å²) in [5, 5.41) is 7.15. The van der Waals surface area contributed by atoms with Gasteiger partial charge in [-0.3, -0.25) is 0 Å². The van der Waals surface area contributed by atoms with Crippen LogP contribution in [0.3, 0.4) is 0 Å². The summed E-state index contributed by atoms with van der Waals surface area (Å²) in [6, 6.07) is 8.27. The normalized spacial score (nSPS) is 11.8. The van der Waals surface area contributed by atoms with Crippen LogP contribution in [0.1, 0.15) is 5.56 Å². The Balaban J connectivity index is 1.95. The lowest BCUT2D eigenvalue weighted by atomic mass is 10.2. The maximum absolute atomic E-state index is 12.6. The lowest BCUT2D eigenvalue weighted by Gasteiger charge is -2.09.